The molecule has 0 radical (unpaired) electrons. The largest absolute Gasteiger partial charge is 0.414 e. The molecule has 0 aliphatic heterocycles. The van der Waals surface area contributed by atoms with E-state index in [2.05, 4.69) is 5.10 Å². The van der Waals surface area contributed by atoms with Gasteiger partial charge in [0.2, 0.25) is 0 Å². The molecule has 1 rings (SSSR count). The van der Waals surface area contributed by atoms with Crippen molar-refractivity contribution in [3.8, 4) is 0 Å². The van der Waals surface area contributed by atoms with E-state index >= 15 is 0 Å². The molecule has 0 saturated carbocycles. The molecule has 4 nitrogen and oxygen atoms in total. The molecule has 0 aromatic carbocycles. The van der Waals surface area contributed by atoms with E-state index in [1.807, 2.05) is 0 Å². The van der Waals surface area contributed by atoms with Gasteiger partial charge in [-0.2, -0.15) is 18.3 Å². The average molecular weight is 265 g/mol. The lowest BCUT2D eigenvalue weighted by Gasteiger charge is -2.27. The second-order valence-electron chi connectivity index (χ2n) is 4.26. The molecule has 2 N–H and O–H groups in total. The van der Waals surface area contributed by atoms with Gasteiger partial charge < -0.3 is 10.5 Å². The summed E-state index contributed by atoms with van der Waals surface area (Å²) in [6, 6.07) is -0.501. The summed E-state index contributed by atoms with van der Waals surface area (Å²) in [5, 5.41) is 3.92. The predicted octanol–water partition coefficient (Wildman–Crippen LogP) is 2.17. The third-order valence-electron chi connectivity index (χ3n) is 2.73. The van der Waals surface area contributed by atoms with E-state index < -0.39 is 24.4 Å². The summed E-state index contributed by atoms with van der Waals surface area (Å²) in [5.41, 5.74) is 6.38. The van der Waals surface area contributed by atoms with E-state index in [1.54, 1.807) is 20.2 Å². The van der Waals surface area contributed by atoms with Gasteiger partial charge in [0.15, 0.2) is 6.10 Å². The number of halogens is 3. The van der Waals surface area contributed by atoms with Crippen molar-refractivity contribution in [1.82, 2.24) is 9.78 Å². The van der Waals surface area contributed by atoms with E-state index in [-0.39, 0.29) is 0 Å². The fraction of sp³-hybridized carbons (Fsp3) is 0.727. The first-order chi connectivity index (χ1) is 8.25. The third-order valence-corrected chi connectivity index (χ3v) is 2.73. The maximum Gasteiger partial charge on any atom is 0.414 e. The zero-order chi connectivity index (χ0) is 13.9. The minimum Gasteiger partial charge on any atom is -0.359 e. The number of alkyl halides is 3. The monoisotopic (exact) mass is 265 g/mol. The fourth-order valence-corrected chi connectivity index (χ4v) is 1.52. The number of nitrogens with zero attached hydrogens (tertiary/aromatic N) is 2. The Morgan fingerprint density at radius 1 is 1.50 bits per heavy atom. The van der Waals surface area contributed by atoms with Gasteiger partial charge in [0.25, 0.3) is 0 Å². The molecule has 0 saturated heterocycles. The first-order valence-corrected chi connectivity index (χ1v) is 5.72. The van der Waals surface area contributed by atoms with Gasteiger partial charge in [0, 0.05) is 24.8 Å². The molecule has 3 unspecified atom stereocenters. The number of nitrogens with two attached hydrogens (primary N) is 1. The Labute approximate surface area is 104 Å². The lowest BCUT2D eigenvalue weighted by molar-refractivity contribution is -0.229. The van der Waals surface area contributed by atoms with Crippen LogP contribution in [0.3, 0.4) is 0 Å². The summed E-state index contributed by atoms with van der Waals surface area (Å²) in [6.07, 6.45) is -3.45. The van der Waals surface area contributed by atoms with Gasteiger partial charge >= 0.3 is 6.18 Å². The molecule has 0 aliphatic carbocycles. The van der Waals surface area contributed by atoms with Gasteiger partial charge in [-0.15, -0.1) is 0 Å². The maximum absolute atomic E-state index is 12.5. The second-order valence-corrected chi connectivity index (χ2v) is 4.26. The molecular weight excluding hydrogens is 247 g/mol. The van der Waals surface area contributed by atoms with E-state index in [9.17, 15) is 13.2 Å². The highest BCUT2D eigenvalue weighted by molar-refractivity contribution is 5.11. The van der Waals surface area contributed by atoms with Gasteiger partial charge in [-0.05, 0) is 13.3 Å². The number of ether oxygens (including phenoxy) is 1. The lowest BCUT2D eigenvalue weighted by Crippen LogP contribution is -2.36. The Morgan fingerprint density at radius 2 is 2.11 bits per heavy atom. The van der Waals surface area contributed by atoms with Crippen molar-refractivity contribution in [2.75, 3.05) is 0 Å². The summed E-state index contributed by atoms with van der Waals surface area (Å²) >= 11 is 0. The van der Waals surface area contributed by atoms with Gasteiger partial charge in [-0.25, -0.2) is 0 Å². The number of hydrogen-bond donors (Lipinski definition) is 1. The van der Waals surface area contributed by atoms with Crippen molar-refractivity contribution >= 4 is 0 Å². The van der Waals surface area contributed by atoms with Crippen LogP contribution < -0.4 is 5.73 Å². The molecule has 0 bridgehead atoms. The van der Waals surface area contributed by atoms with Crippen molar-refractivity contribution in [2.24, 2.45) is 12.8 Å². The van der Waals surface area contributed by atoms with E-state index in [1.165, 1.54) is 10.9 Å². The van der Waals surface area contributed by atoms with Crippen molar-refractivity contribution < 1.29 is 17.9 Å². The number of aryl methyl sites for hydroxylation is 1. The summed E-state index contributed by atoms with van der Waals surface area (Å²) in [4.78, 5) is 0. The van der Waals surface area contributed by atoms with Crippen LogP contribution in [0.15, 0.2) is 12.4 Å². The van der Waals surface area contributed by atoms with Gasteiger partial charge in [0.05, 0.1) is 6.20 Å². The van der Waals surface area contributed by atoms with Gasteiger partial charge in [-0.1, -0.05) is 6.92 Å². The highest BCUT2D eigenvalue weighted by Crippen LogP contribution is 2.30. The quantitative estimate of drug-likeness (QED) is 0.887. The first-order valence-electron chi connectivity index (χ1n) is 5.72. The Kier molecular flexibility index (Phi) is 4.75. The second kappa shape index (κ2) is 5.71. The van der Waals surface area contributed by atoms with Crippen molar-refractivity contribution in [3.63, 3.8) is 0 Å². The van der Waals surface area contributed by atoms with Crippen LogP contribution in [-0.2, 0) is 11.8 Å². The van der Waals surface area contributed by atoms with E-state index in [0.717, 1.165) is 6.92 Å². The normalized spacial score (nSPS) is 17.5. The van der Waals surface area contributed by atoms with Crippen LogP contribution in [0.1, 0.15) is 31.9 Å². The highest BCUT2D eigenvalue weighted by Gasteiger charge is 2.39. The smallest absolute Gasteiger partial charge is 0.359 e. The summed E-state index contributed by atoms with van der Waals surface area (Å²) in [5.74, 6) is 0. The van der Waals surface area contributed by atoms with Crippen LogP contribution in [-0.4, -0.2) is 28.1 Å². The Hall–Kier alpha value is -1.08. The average Bonchev–Trinajstić information content (AvgIpc) is 2.69. The van der Waals surface area contributed by atoms with E-state index in [4.69, 9.17) is 10.5 Å². The summed E-state index contributed by atoms with van der Waals surface area (Å²) < 4.78 is 44.1. The SMILES string of the molecule is CCC(N)C(OC(C)C(F)(F)F)c1cnn(C)c1. The zero-order valence-corrected chi connectivity index (χ0v) is 10.6. The molecular formula is C11H18F3N3O. The van der Waals surface area contributed by atoms with Crippen LogP contribution >= 0.6 is 0 Å². The zero-order valence-electron chi connectivity index (χ0n) is 10.6. The lowest BCUT2D eigenvalue weighted by atomic mass is 10.0. The molecule has 0 spiro atoms. The topological polar surface area (TPSA) is 53.1 Å². The Morgan fingerprint density at radius 3 is 2.50 bits per heavy atom. The third kappa shape index (κ3) is 3.71. The standard InChI is InChI=1S/C11H18F3N3O/c1-4-9(15)10(8-5-16-17(3)6-8)18-7(2)11(12,13)14/h5-7,9-10H,4,15H2,1-3H3. The molecule has 104 valence electrons. The molecule has 1 heterocycles. The van der Waals surface area contributed by atoms with Gasteiger partial charge in [-0.3, -0.25) is 4.68 Å². The molecule has 7 heteroatoms. The minimum atomic E-state index is -4.39. The van der Waals surface area contributed by atoms with Crippen LogP contribution in [0.5, 0.6) is 0 Å². The predicted molar refractivity (Wildman–Crippen MR) is 60.8 cm³/mol. The van der Waals surface area contributed by atoms with Crippen molar-refractivity contribution in [3.05, 3.63) is 18.0 Å². The molecule has 0 amide bonds. The Balaban J connectivity index is 2.86. The number of hydrogen-bond acceptors (Lipinski definition) is 3. The first kappa shape index (κ1) is 15.0. The fourth-order valence-electron chi connectivity index (χ4n) is 1.52. The van der Waals surface area contributed by atoms with Crippen LogP contribution in [0.2, 0.25) is 0 Å². The molecule has 1 aromatic rings. The molecule has 18 heavy (non-hydrogen) atoms. The maximum atomic E-state index is 12.5. The molecule has 0 aliphatic rings. The summed E-state index contributed by atoms with van der Waals surface area (Å²) in [7, 11) is 1.69. The van der Waals surface area contributed by atoms with Crippen LogP contribution in [0.4, 0.5) is 13.2 Å². The van der Waals surface area contributed by atoms with Crippen molar-refractivity contribution in [1.29, 1.82) is 0 Å². The highest BCUT2D eigenvalue weighted by atomic mass is 19.4. The molecule has 1 aromatic heterocycles. The Bertz CT molecular complexity index is 378. The molecule has 0 fully saturated rings. The summed E-state index contributed by atoms with van der Waals surface area (Å²) in [6.45, 7) is 2.78. The number of rotatable bonds is 5. The van der Waals surface area contributed by atoms with E-state index in [0.29, 0.717) is 12.0 Å². The van der Waals surface area contributed by atoms with Crippen molar-refractivity contribution in [2.45, 2.75) is 44.7 Å². The van der Waals surface area contributed by atoms with Gasteiger partial charge in [0.1, 0.15) is 6.10 Å². The van der Waals surface area contributed by atoms with Crippen LogP contribution in [0, 0.1) is 0 Å². The number of aromatic nitrogens is 2. The van der Waals surface area contributed by atoms with Crippen LogP contribution in [0.25, 0.3) is 0 Å². The minimum absolute atomic E-state index is 0.501. The molecule has 3 atom stereocenters.